The number of hydrogen-bond acceptors (Lipinski definition) is 4. The minimum atomic E-state index is -0.437. The van der Waals surface area contributed by atoms with Crippen LogP contribution < -0.4 is 10.6 Å². The molecule has 0 aromatic heterocycles. The molecule has 1 heterocycles. The number of ether oxygens (including phenoxy) is 1. The Morgan fingerprint density at radius 1 is 1.32 bits per heavy atom. The highest BCUT2D eigenvalue weighted by Gasteiger charge is 2.30. The molecule has 1 amide bonds. The van der Waals surface area contributed by atoms with Crippen molar-refractivity contribution in [1.29, 1.82) is 0 Å². The van der Waals surface area contributed by atoms with E-state index in [9.17, 15) is 9.59 Å². The van der Waals surface area contributed by atoms with Crippen LogP contribution in [0, 0.1) is 11.8 Å². The quantitative estimate of drug-likeness (QED) is 0.812. The maximum absolute atomic E-state index is 12.5. The van der Waals surface area contributed by atoms with E-state index in [4.69, 9.17) is 4.74 Å². The molecule has 0 saturated carbocycles. The highest BCUT2D eigenvalue weighted by Crippen LogP contribution is 2.24. The van der Waals surface area contributed by atoms with E-state index in [1.807, 2.05) is 30.3 Å². The summed E-state index contributed by atoms with van der Waals surface area (Å²) >= 11 is 0. The molecule has 0 radical (unpaired) electrons. The topological polar surface area (TPSA) is 67.4 Å². The Morgan fingerprint density at radius 2 is 2.05 bits per heavy atom. The Morgan fingerprint density at radius 3 is 2.64 bits per heavy atom. The minimum absolute atomic E-state index is 0.00296. The number of esters is 1. The normalized spacial score (nSPS) is 20.7. The van der Waals surface area contributed by atoms with Crippen molar-refractivity contribution >= 4 is 11.9 Å². The Labute approximate surface area is 131 Å². The molecule has 5 nitrogen and oxygen atoms in total. The van der Waals surface area contributed by atoms with E-state index in [-0.39, 0.29) is 23.8 Å². The van der Waals surface area contributed by atoms with Crippen LogP contribution in [0.15, 0.2) is 30.3 Å². The van der Waals surface area contributed by atoms with Crippen LogP contribution in [0.2, 0.25) is 0 Å². The van der Waals surface area contributed by atoms with Gasteiger partial charge in [0.25, 0.3) is 0 Å². The first-order chi connectivity index (χ1) is 10.6. The maximum atomic E-state index is 12.5. The zero-order valence-corrected chi connectivity index (χ0v) is 13.2. The number of rotatable bonds is 5. The molecule has 2 rings (SSSR count). The Kier molecular flexibility index (Phi) is 5.95. The fourth-order valence-electron chi connectivity index (χ4n) is 2.83. The molecular formula is C17H24N2O3. The summed E-state index contributed by atoms with van der Waals surface area (Å²) in [7, 11) is 1.37. The van der Waals surface area contributed by atoms with Crippen LogP contribution in [0.25, 0.3) is 0 Å². The lowest BCUT2D eigenvalue weighted by Gasteiger charge is -2.28. The van der Waals surface area contributed by atoms with Crippen molar-refractivity contribution in [2.24, 2.45) is 11.8 Å². The molecule has 1 fully saturated rings. The van der Waals surface area contributed by atoms with Crippen LogP contribution in [-0.2, 0) is 14.3 Å². The first-order valence-corrected chi connectivity index (χ1v) is 7.77. The van der Waals surface area contributed by atoms with Crippen LogP contribution >= 0.6 is 0 Å². The fourth-order valence-corrected chi connectivity index (χ4v) is 2.83. The van der Waals surface area contributed by atoms with Gasteiger partial charge in [-0.15, -0.1) is 0 Å². The highest BCUT2D eigenvalue weighted by molar-refractivity contribution is 5.81. The summed E-state index contributed by atoms with van der Waals surface area (Å²) in [6.07, 6.45) is 1.88. The monoisotopic (exact) mass is 304 g/mol. The van der Waals surface area contributed by atoms with Gasteiger partial charge in [0, 0.05) is 6.54 Å². The number of benzene rings is 1. The molecule has 0 spiro atoms. The van der Waals surface area contributed by atoms with Gasteiger partial charge < -0.3 is 15.4 Å². The van der Waals surface area contributed by atoms with Gasteiger partial charge in [0.1, 0.15) is 0 Å². The Balaban J connectivity index is 2.13. The van der Waals surface area contributed by atoms with Crippen molar-refractivity contribution < 1.29 is 14.3 Å². The average molecular weight is 304 g/mol. The summed E-state index contributed by atoms with van der Waals surface area (Å²) in [4.78, 5) is 24.4. The second kappa shape index (κ2) is 7.94. The van der Waals surface area contributed by atoms with Gasteiger partial charge in [-0.1, -0.05) is 30.3 Å². The van der Waals surface area contributed by atoms with E-state index in [1.165, 1.54) is 7.11 Å². The minimum Gasteiger partial charge on any atom is -0.469 e. The lowest BCUT2D eigenvalue weighted by molar-refractivity contribution is -0.146. The van der Waals surface area contributed by atoms with E-state index >= 15 is 0 Å². The average Bonchev–Trinajstić information content (AvgIpc) is 2.59. The number of nitrogens with one attached hydrogen (secondary N) is 2. The fraction of sp³-hybridized carbons (Fsp3) is 0.529. The molecule has 1 aliphatic heterocycles. The summed E-state index contributed by atoms with van der Waals surface area (Å²) in [6.45, 7) is 3.44. The molecule has 3 unspecified atom stereocenters. The number of piperidine rings is 1. The summed E-state index contributed by atoms with van der Waals surface area (Å²) < 4.78 is 4.84. The number of carbonyl (C=O) groups is 2. The first-order valence-electron chi connectivity index (χ1n) is 7.77. The molecule has 0 bridgehead atoms. The molecule has 1 aliphatic rings. The maximum Gasteiger partial charge on any atom is 0.310 e. The standard InChI is InChI=1S/C17H24N2O3/c1-12(17(21)22-2)15(13-7-4-3-5-8-13)19-16(20)14-9-6-10-18-11-14/h3-5,7-8,12,14-15,18H,6,9-11H2,1-2H3,(H,19,20). The third-order valence-electron chi connectivity index (χ3n) is 4.20. The van der Waals surface area contributed by atoms with Gasteiger partial charge in [0.05, 0.1) is 25.0 Å². The van der Waals surface area contributed by atoms with Crippen LogP contribution in [0.5, 0.6) is 0 Å². The van der Waals surface area contributed by atoms with Gasteiger partial charge >= 0.3 is 5.97 Å². The summed E-state index contributed by atoms with van der Waals surface area (Å²) in [6, 6.07) is 9.19. The van der Waals surface area contributed by atoms with Crippen molar-refractivity contribution in [3.8, 4) is 0 Å². The molecule has 120 valence electrons. The highest BCUT2D eigenvalue weighted by atomic mass is 16.5. The van der Waals surface area contributed by atoms with Crippen LogP contribution in [-0.4, -0.2) is 32.1 Å². The summed E-state index contributed by atoms with van der Waals surface area (Å²) in [5.41, 5.74) is 0.914. The number of carbonyl (C=O) groups excluding carboxylic acids is 2. The molecule has 5 heteroatoms. The van der Waals surface area contributed by atoms with Crippen molar-refractivity contribution in [2.45, 2.75) is 25.8 Å². The molecular weight excluding hydrogens is 280 g/mol. The molecule has 1 aromatic carbocycles. The predicted octanol–water partition coefficient (Wildman–Crippen LogP) is 1.65. The molecule has 2 N–H and O–H groups in total. The van der Waals surface area contributed by atoms with Gasteiger partial charge in [-0.2, -0.15) is 0 Å². The van der Waals surface area contributed by atoms with E-state index in [0.717, 1.165) is 24.9 Å². The molecule has 1 saturated heterocycles. The number of methoxy groups -OCH3 is 1. The van der Waals surface area contributed by atoms with Crippen molar-refractivity contribution in [3.63, 3.8) is 0 Å². The van der Waals surface area contributed by atoms with Gasteiger partial charge in [0.15, 0.2) is 0 Å². The van der Waals surface area contributed by atoms with Crippen LogP contribution in [0.3, 0.4) is 0 Å². The number of hydrogen-bond donors (Lipinski definition) is 2. The summed E-state index contributed by atoms with van der Waals surface area (Å²) in [5.74, 6) is -0.801. The van der Waals surface area contributed by atoms with E-state index in [1.54, 1.807) is 6.92 Å². The molecule has 3 atom stereocenters. The predicted molar refractivity (Wildman–Crippen MR) is 84.1 cm³/mol. The third kappa shape index (κ3) is 4.07. The second-order valence-electron chi connectivity index (χ2n) is 5.75. The second-order valence-corrected chi connectivity index (χ2v) is 5.75. The van der Waals surface area contributed by atoms with Gasteiger partial charge in [0.2, 0.25) is 5.91 Å². The zero-order chi connectivity index (χ0) is 15.9. The van der Waals surface area contributed by atoms with Crippen LogP contribution in [0.1, 0.15) is 31.4 Å². The molecule has 1 aromatic rings. The zero-order valence-electron chi connectivity index (χ0n) is 13.2. The first kappa shape index (κ1) is 16.5. The Hall–Kier alpha value is -1.88. The lowest BCUT2D eigenvalue weighted by atomic mass is 9.92. The van der Waals surface area contributed by atoms with E-state index in [0.29, 0.717) is 6.54 Å². The van der Waals surface area contributed by atoms with E-state index < -0.39 is 5.92 Å². The largest absolute Gasteiger partial charge is 0.469 e. The SMILES string of the molecule is COC(=O)C(C)C(NC(=O)C1CCCNC1)c1ccccc1. The molecule has 0 aliphatic carbocycles. The van der Waals surface area contributed by atoms with Crippen molar-refractivity contribution in [3.05, 3.63) is 35.9 Å². The van der Waals surface area contributed by atoms with Crippen molar-refractivity contribution in [1.82, 2.24) is 10.6 Å². The molecule has 22 heavy (non-hydrogen) atoms. The van der Waals surface area contributed by atoms with Gasteiger partial charge in [-0.05, 0) is 31.9 Å². The Bertz CT molecular complexity index is 498. The third-order valence-corrected chi connectivity index (χ3v) is 4.20. The smallest absolute Gasteiger partial charge is 0.310 e. The van der Waals surface area contributed by atoms with Crippen LogP contribution in [0.4, 0.5) is 0 Å². The summed E-state index contributed by atoms with van der Waals surface area (Å²) in [5, 5.41) is 6.28. The van der Waals surface area contributed by atoms with E-state index in [2.05, 4.69) is 10.6 Å². The lowest BCUT2D eigenvalue weighted by Crippen LogP contribution is -2.44. The van der Waals surface area contributed by atoms with Crippen molar-refractivity contribution in [2.75, 3.05) is 20.2 Å². The van der Waals surface area contributed by atoms with Gasteiger partial charge in [-0.25, -0.2) is 0 Å². The van der Waals surface area contributed by atoms with Gasteiger partial charge in [-0.3, -0.25) is 9.59 Å². The number of amides is 1.